The van der Waals surface area contributed by atoms with Crippen LogP contribution in [0.1, 0.15) is 28.4 Å². The SMILES string of the molecule is C#CC(C)NC(=O)c1ccc(CC)s1. The molecule has 74 valence electrons. The second kappa shape index (κ2) is 4.83. The largest absolute Gasteiger partial charge is 0.338 e. The first kappa shape index (κ1) is 10.8. The topological polar surface area (TPSA) is 29.1 Å². The Kier molecular flexibility index (Phi) is 3.73. The van der Waals surface area contributed by atoms with Gasteiger partial charge in [0.05, 0.1) is 10.9 Å². The smallest absolute Gasteiger partial charge is 0.262 e. The van der Waals surface area contributed by atoms with Crippen molar-refractivity contribution in [3.63, 3.8) is 0 Å². The fraction of sp³-hybridized carbons (Fsp3) is 0.364. The van der Waals surface area contributed by atoms with Gasteiger partial charge in [-0.05, 0) is 25.5 Å². The Balaban J connectivity index is 2.66. The number of nitrogens with one attached hydrogen (secondary N) is 1. The maximum absolute atomic E-state index is 11.5. The Morgan fingerprint density at radius 2 is 2.43 bits per heavy atom. The third-order valence-corrected chi connectivity index (χ3v) is 3.06. The minimum atomic E-state index is -0.213. The summed E-state index contributed by atoms with van der Waals surface area (Å²) in [6.45, 7) is 3.85. The van der Waals surface area contributed by atoms with E-state index in [1.807, 2.05) is 12.1 Å². The molecular formula is C11H13NOS. The van der Waals surface area contributed by atoms with Crippen molar-refractivity contribution < 1.29 is 4.79 Å². The van der Waals surface area contributed by atoms with E-state index < -0.39 is 0 Å². The molecule has 0 saturated carbocycles. The molecule has 1 heterocycles. The molecule has 1 aromatic rings. The number of amides is 1. The van der Waals surface area contributed by atoms with Gasteiger partial charge in [-0.2, -0.15) is 0 Å². The van der Waals surface area contributed by atoms with E-state index in [0.717, 1.165) is 11.3 Å². The van der Waals surface area contributed by atoms with Crippen molar-refractivity contribution in [3.8, 4) is 12.3 Å². The number of rotatable bonds is 3. The van der Waals surface area contributed by atoms with Crippen molar-refractivity contribution in [3.05, 3.63) is 21.9 Å². The van der Waals surface area contributed by atoms with Crippen LogP contribution in [-0.2, 0) is 6.42 Å². The highest BCUT2D eigenvalue weighted by molar-refractivity contribution is 7.14. The van der Waals surface area contributed by atoms with Gasteiger partial charge in [0.2, 0.25) is 0 Å². The minimum Gasteiger partial charge on any atom is -0.338 e. The second-order valence-electron chi connectivity index (χ2n) is 2.98. The molecule has 0 aromatic carbocycles. The van der Waals surface area contributed by atoms with Crippen LogP contribution in [0.4, 0.5) is 0 Å². The van der Waals surface area contributed by atoms with Crippen molar-refractivity contribution >= 4 is 17.2 Å². The van der Waals surface area contributed by atoms with Gasteiger partial charge in [0.1, 0.15) is 0 Å². The van der Waals surface area contributed by atoms with Crippen molar-refractivity contribution in [2.75, 3.05) is 0 Å². The summed E-state index contributed by atoms with van der Waals surface area (Å²) < 4.78 is 0. The van der Waals surface area contributed by atoms with Gasteiger partial charge in [-0.25, -0.2) is 0 Å². The lowest BCUT2D eigenvalue weighted by molar-refractivity contribution is 0.0952. The fourth-order valence-corrected chi connectivity index (χ4v) is 1.85. The van der Waals surface area contributed by atoms with Gasteiger partial charge in [0.25, 0.3) is 5.91 Å². The summed E-state index contributed by atoms with van der Waals surface area (Å²) in [5, 5.41) is 2.72. The maximum atomic E-state index is 11.5. The first-order valence-electron chi connectivity index (χ1n) is 4.53. The number of terminal acetylenes is 1. The number of carbonyl (C=O) groups is 1. The van der Waals surface area contributed by atoms with E-state index in [1.165, 1.54) is 16.2 Å². The maximum Gasteiger partial charge on any atom is 0.262 e. The predicted octanol–water partition coefficient (Wildman–Crippen LogP) is 2.06. The van der Waals surface area contributed by atoms with Gasteiger partial charge < -0.3 is 5.32 Å². The zero-order chi connectivity index (χ0) is 10.6. The molecule has 0 aliphatic heterocycles. The van der Waals surface area contributed by atoms with Gasteiger partial charge in [0, 0.05) is 4.88 Å². The van der Waals surface area contributed by atoms with Gasteiger partial charge in [-0.1, -0.05) is 12.8 Å². The Hall–Kier alpha value is -1.27. The molecule has 1 rings (SSSR count). The molecule has 1 amide bonds. The Labute approximate surface area is 88.3 Å². The molecule has 0 aliphatic carbocycles. The third-order valence-electron chi connectivity index (χ3n) is 1.83. The lowest BCUT2D eigenvalue weighted by Crippen LogP contribution is -2.30. The van der Waals surface area contributed by atoms with Crippen molar-refractivity contribution in [1.82, 2.24) is 5.32 Å². The average Bonchev–Trinajstić information content (AvgIpc) is 2.65. The summed E-state index contributed by atoms with van der Waals surface area (Å²) in [5.41, 5.74) is 0. The Morgan fingerprint density at radius 3 is 2.93 bits per heavy atom. The monoisotopic (exact) mass is 207 g/mol. The van der Waals surface area contributed by atoms with E-state index in [1.54, 1.807) is 6.92 Å². The number of hydrogen-bond donors (Lipinski definition) is 1. The highest BCUT2D eigenvalue weighted by Gasteiger charge is 2.09. The summed E-state index contributed by atoms with van der Waals surface area (Å²) in [6, 6.07) is 3.59. The number of hydrogen-bond acceptors (Lipinski definition) is 2. The summed E-state index contributed by atoms with van der Waals surface area (Å²) in [5.74, 6) is 2.38. The lowest BCUT2D eigenvalue weighted by atomic mass is 10.3. The summed E-state index contributed by atoms with van der Waals surface area (Å²) in [7, 11) is 0. The zero-order valence-electron chi connectivity index (χ0n) is 8.33. The first-order chi connectivity index (χ1) is 6.67. The van der Waals surface area contributed by atoms with Crippen LogP contribution in [-0.4, -0.2) is 11.9 Å². The fourth-order valence-electron chi connectivity index (χ4n) is 0.999. The molecule has 0 radical (unpaired) electrons. The molecule has 1 unspecified atom stereocenters. The van der Waals surface area contributed by atoms with Crippen LogP contribution < -0.4 is 5.32 Å². The van der Waals surface area contributed by atoms with E-state index in [4.69, 9.17) is 6.42 Å². The number of thiophene rings is 1. The molecule has 1 aromatic heterocycles. The first-order valence-corrected chi connectivity index (χ1v) is 5.34. The van der Waals surface area contributed by atoms with Crippen molar-refractivity contribution in [2.24, 2.45) is 0 Å². The van der Waals surface area contributed by atoms with Crippen LogP contribution in [0, 0.1) is 12.3 Å². The normalized spacial score (nSPS) is 11.8. The Bertz CT molecular complexity index is 362. The van der Waals surface area contributed by atoms with E-state index in [9.17, 15) is 4.79 Å². The van der Waals surface area contributed by atoms with E-state index >= 15 is 0 Å². The summed E-state index contributed by atoms with van der Waals surface area (Å²) in [6.07, 6.45) is 6.13. The molecule has 0 fully saturated rings. The van der Waals surface area contributed by atoms with Crippen LogP contribution in [0.2, 0.25) is 0 Å². The van der Waals surface area contributed by atoms with Crippen LogP contribution in [0.25, 0.3) is 0 Å². The molecule has 0 aliphatic rings. The van der Waals surface area contributed by atoms with Crippen LogP contribution in [0.3, 0.4) is 0 Å². The quantitative estimate of drug-likeness (QED) is 0.755. The standard InChI is InChI=1S/C11H13NOS/c1-4-8(3)12-11(13)10-7-6-9(5-2)14-10/h1,6-8H,5H2,2-3H3,(H,12,13). The summed E-state index contributed by atoms with van der Waals surface area (Å²) in [4.78, 5) is 13.5. The summed E-state index contributed by atoms with van der Waals surface area (Å²) >= 11 is 1.51. The highest BCUT2D eigenvalue weighted by atomic mass is 32.1. The molecular weight excluding hydrogens is 194 g/mol. The second-order valence-corrected chi connectivity index (χ2v) is 4.15. The molecule has 0 bridgehead atoms. The zero-order valence-corrected chi connectivity index (χ0v) is 9.15. The van der Waals surface area contributed by atoms with Gasteiger partial charge >= 0.3 is 0 Å². The van der Waals surface area contributed by atoms with Gasteiger partial charge in [0.15, 0.2) is 0 Å². The molecule has 14 heavy (non-hydrogen) atoms. The minimum absolute atomic E-state index is 0.0832. The number of carbonyl (C=O) groups excluding carboxylic acids is 1. The Morgan fingerprint density at radius 1 is 1.71 bits per heavy atom. The molecule has 0 spiro atoms. The molecule has 1 atom stereocenters. The van der Waals surface area contributed by atoms with Gasteiger partial charge in [-0.15, -0.1) is 17.8 Å². The van der Waals surface area contributed by atoms with Gasteiger partial charge in [-0.3, -0.25) is 4.79 Å². The van der Waals surface area contributed by atoms with Crippen LogP contribution >= 0.6 is 11.3 Å². The van der Waals surface area contributed by atoms with Crippen LogP contribution in [0.5, 0.6) is 0 Å². The van der Waals surface area contributed by atoms with Crippen molar-refractivity contribution in [2.45, 2.75) is 26.3 Å². The molecule has 1 N–H and O–H groups in total. The van der Waals surface area contributed by atoms with E-state index in [0.29, 0.717) is 0 Å². The average molecular weight is 207 g/mol. The molecule has 0 saturated heterocycles. The molecule has 3 heteroatoms. The molecule has 2 nitrogen and oxygen atoms in total. The van der Waals surface area contributed by atoms with E-state index in [-0.39, 0.29) is 11.9 Å². The lowest BCUT2D eigenvalue weighted by Gasteiger charge is -2.05. The number of aryl methyl sites for hydroxylation is 1. The predicted molar refractivity (Wildman–Crippen MR) is 59.5 cm³/mol. The third kappa shape index (κ3) is 2.61. The van der Waals surface area contributed by atoms with E-state index in [2.05, 4.69) is 18.2 Å². The highest BCUT2D eigenvalue weighted by Crippen LogP contribution is 2.16. The van der Waals surface area contributed by atoms with Crippen molar-refractivity contribution in [1.29, 1.82) is 0 Å². The van der Waals surface area contributed by atoms with Crippen LogP contribution in [0.15, 0.2) is 12.1 Å².